The minimum atomic E-state index is -0.271. The van der Waals surface area contributed by atoms with Gasteiger partial charge in [0.2, 0.25) is 5.91 Å². The number of carbonyl (C=O) groups excluding carboxylic acids is 2. The van der Waals surface area contributed by atoms with E-state index in [1.54, 1.807) is 0 Å². The van der Waals surface area contributed by atoms with Crippen LogP contribution in [-0.4, -0.2) is 23.5 Å². The zero-order chi connectivity index (χ0) is 21.5. The molecule has 0 radical (unpaired) electrons. The Hall–Kier alpha value is -2.90. The molecular weight excluding hydrogens is 420 g/mol. The molecule has 3 aromatic rings. The van der Waals surface area contributed by atoms with Gasteiger partial charge in [-0.2, -0.15) is 0 Å². The third kappa shape index (κ3) is 5.81. The first kappa shape index (κ1) is 21.8. The minimum absolute atomic E-state index is 0.122. The second kappa shape index (κ2) is 10.2. The summed E-state index contributed by atoms with van der Waals surface area (Å²) in [7, 11) is 0. The van der Waals surface area contributed by atoms with Gasteiger partial charge in [-0.3, -0.25) is 10.1 Å². The molecule has 0 atom stereocenters. The fraction of sp³-hybridized carbons (Fsp3) is 0.227. The number of hydrogen-bond acceptors (Lipinski definition) is 4. The number of carbonyl (C=O) groups is 2. The molecule has 8 heteroatoms. The van der Waals surface area contributed by atoms with Crippen molar-refractivity contribution in [2.24, 2.45) is 0 Å². The molecule has 0 fully saturated rings. The highest BCUT2D eigenvalue weighted by Crippen LogP contribution is 2.39. The van der Waals surface area contributed by atoms with Crippen molar-refractivity contribution in [3.63, 3.8) is 0 Å². The predicted octanol–water partition coefficient (Wildman–Crippen LogP) is 6.01. The Balaban J connectivity index is 1.91. The van der Waals surface area contributed by atoms with Gasteiger partial charge < -0.3 is 10.6 Å². The summed E-state index contributed by atoms with van der Waals surface area (Å²) in [6, 6.07) is 14.7. The van der Waals surface area contributed by atoms with Crippen LogP contribution in [0.4, 0.5) is 15.6 Å². The first-order chi connectivity index (χ1) is 14.5. The Morgan fingerprint density at radius 3 is 2.30 bits per heavy atom. The van der Waals surface area contributed by atoms with Crippen molar-refractivity contribution in [3.05, 3.63) is 53.6 Å². The SMILES string of the molecule is CCCCNC(=O)Nc1nc(-c2ccc(Cl)cc2)c(-c2ccc(NC(C)=O)cc2)s1. The van der Waals surface area contributed by atoms with Crippen molar-refractivity contribution in [3.8, 4) is 21.7 Å². The van der Waals surface area contributed by atoms with Crippen molar-refractivity contribution < 1.29 is 9.59 Å². The summed E-state index contributed by atoms with van der Waals surface area (Å²) in [5.74, 6) is -0.122. The highest BCUT2D eigenvalue weighted by atomic mass is 35.5. The molecule has 1 aromatic heterocycles. The van der Waals surface area contributed by atoms with E-state index in [4.69, 9.17) is 11.6 Å². The van der Waals surface area contributed by atoms with Gasteiger partial charge in [0.15, 0.2) is 5.13 Å². The highest BCUT2D eigenvalue weighted by Gasteiger charge is 2.16. The van der Waals surface area contributed by atoms with Crippen LogP contribution in [0.5, 0.6) is 0 Å². The normalized spacial score (nSPS) is 10.5. The second-order valence-electron chi connectivity index (χ2n) is 6.70. The number of unbranched alkanes of at least 4 members (excludes halogenated alkanes) is 1. The van der Waals surface area contributed by atoms with Gasteiger partial charge in [0.05, 0.1) is 10.6 Å². The number of hydrogen-bond donors (Lipinski definition) is 3. The number of amides is 3. The fourth-order valence-corrected chi connectivity index (χ4v) is 3.91. The average Bonchev–Trinajstić information content (AvgIpc) is 3.12. The van der Waals surface area contributed by atoms with E-state index in [0.717, 1.165) is 40.2 Å². The monoisotopic (exact) mass is 442 g/mol. The Morgan fingerprint density at radius 2 is 1.67 bits per heavy atom. The Kier molecular flexibility index (Phi) is 7.43. The molecule has 0 aliphatic rings. The predicted molar refractivity (Wildman–Crippen MR) is 124 cm³/mol. The lowest BCUT2D eigenvalue weighted by atomic mass is 10.1. The van der Waals surface area contributed by atoms with Crippen molar-refractivity contribution in [1.29, 1.82) is 0 Å². The van der Waals surface area contributed by atoms with Gasteiger partial charge in [-0.15, -0.1) is 0 Å². The van der Waals surface area contributed by atoms with E-state index >= 15 is 0 Å². The van der Waals surface area contributed by atoms with Crippen LogP contribution < -0.4 is 16.0 Å². The topological polar surface area (TPSA) is 83.1 Å². The Labute approximate surface area is 184 Å². The lowest BCUT2D eigenvalue weighted by Gasteiger charge is -2.05. The molecule has 0 saturated carbocycles. The van der Waals surface area contributed by atoms with Crippen LogP contribution in [0.1, 0.15) is 26.7 Å². The van der Waals surface area contributed by atoms with Crippen molar-refractivity contribution in [1.82, 2.24) is 10.3 Å². The zero-order valence-corrected chi connectivity index (χ0v) is 18.4. The molecule has 0 spiro atoms. The summed E-state index contributed by atoms with van der Waals surface area (Å²) in [6.07, 6.45) is 1.93. The van der Waals surface area contributed by atoms with Crippen LogP contribution in [0.15, 0.2) is 48.5 Å². The molecule has 0 bridgehead atoms. The molecule has 3 amide bonds. The van der Waals surface area contributed by atoms with Crippen molar-refractivity contribution in [2.45, 2.75) is 26.7 Å². The molecule has 30 heavy (non-hydrogen) atoms. The standard InChI is InChI=1S/C22H23ClN4O2S/c1-3-4-13-24-21(29)27-22-26-19(15-5-9-17(23)10-6-15)20(30-22)16-7-11-18(12-8-16)25-14(2)28/h5-12H,3-4,13H2,1-2H3,(H,25,28)(H2,24,26,27,29). The minimum Gasteiger partial charge on any atom is -0.338 e. The maximum Gasteiger partial charge on any atom is 0.321 e. The van der Waals surface area contributed by atoms with Crippen molar-refractivity contribution >= 4 is 45.7 Å². The fourth-order valence-electron chi connectivity index (χ4n) is 2.80. The van der Waals surface area contributed by atoms with E-state index in [9.17, 15) is 9.59 Å². The zero-order valence-electron chi connectivity index (χ0n) is 16.8. The lowest BCUT2D eigenvalue weighted by Crippen LogP contribution is -2.29. The molecule has 156 valence electrons. The molecule has 1 heterocycles. The van der Waals surface area contributed by atoms with Gasteiger partial charge in [-0.05, 0) is 36.2 Å². The van der Waals surface area contributed by atoms with E-state index in [1.165, 1.54) is 18.3 Å². The van der Waals surface area contributed by atoms with E-state index in [-0.39, 0.29) is 11.9 Å². The van der Waals surface area contributed by atoms with Crippen LogP contribution in [0.3, 0.4) is 0 Å². The van der Waals surface area contributed by atoms with Crippen LogP contribution in [0, 0.1) is 0 Å². The van der Waals surface area contributed by atoms with Crippen LogP contribution in [0.25, 0.3) is 21.7 Å². The number of halogens is 1. The lowest BCUT2D eigenvalue weighted by molar-refractivity contribution is -0.114. The number of nitrogens with zero attached hydrogens (tertiary/aromatic N) is 1. The second-order valence-corrected chi connectivity index (χ2v) is 8.13. The van der Waals surface area contributed by atoms with E-state index in [0.29, 0.717) is 16.7 Å². The maximum absolute atomic E-state index is 12.2. The van der Waals surface area contributed by atoms with E-state index in [2.05, 4.69) is 27.9 Å². The molecule has 2 aromatic carbocycles. The van der Waals surface area contributed by atoms with E-state index in [1.807, 2.05) is 48.5 Å². The molecule has 0 unspecified atom stereocenters. The summed E-state index contributed by atoms with van der Waals surface area (Å²) >= 11 is 7.43. The van der Waals surface area contributed by atoms with Gasteiger partial charge in [0.25, 0.3) is 0 Å². The van der Waals surface area contributed by atoms with Crippen LogP contribution in [-0.2, 0) is 4.79 Å². The first-order valence-electron chi connectivity index (χ1n) is 9.66. The molecular formula is C22H23ClN4O2S. The van der Waals surface area contributed by atoms with Gasteiger partial charge in [0.1, 0.15) is 0 Å². The summed E-state index contributed by atoms with van der Waals surface area (Å²) in [6.45, 7) is 4.16. The smallest absolute Gasteiger partial charge is 0.321 e. The number of thiazole rings is 1. The summed E-state index contributed by atoms with van der Waals surface area (Å²) < 4.78 is 0. The van der Waals surface area contributed by atoms with Gasteiger partial charge in [-0.1, -0.05) is 60.5 Å². The summed E-state index contributed by atoms with van der Waals surface area (Å²) in [5.41, 5.74) is 3.31. The van der Waals surface area contributed by atoms with Crippen molar-refractivity contribution in [2.75, 3.05) is 17.2 Å². The third-order valence-electron chi connectivity index (χ3n) is 4.25. The molecule has 3 N–H and O–H groups in total. The Morgan fingerprint density at radius 1 is 1.00 bits per heavy atom. The number of aromatic nitrogens is 1. The quantitative estimate of drug-likeness (QED) is 0.392. The number of urea groups is 1. The largest absolute Gasteiger partial charge is 0.338 e. The molecule has 3 rings (SSSR count). The highest BCUT2D eigenvalue weighted by molar-refractivity contribution is 7.19. The molecule has 6 nitrogen and oxygen atoms in total. The summed E-state index contributed by atoms with van der Waals surface area (Å²) in [5, 5.41) is 9.57. The molecule has 0 aliphatic heterocycles. The van der Waals surface area contributed by atoms with E-state index < -0.39 is 0 Å². The van der Waals surface area contributed by atoms with Gasteiger partial charge >= 0.3 is 6.03 Å². The van der Waals surface area contributed by atoms with Crippen LogP contribution in [0.2, 0.25) is 5.02 Å². The number of nitrogens with one attached hydrogen (secondary N) is 3. The molecule has 0 aliphatic carbocycles. The van der Waals surface area contributed by atoms with Gasteiger partial charge in [0, 0.05) is 29.7 Å². The molecule has 0 saturated heterocycles. The van der Waals surface area contributed by atoms with Gasteiger partial charge in [-0.25, -0.2) is 9.78 Å². The average molecular weight is 443 g/mol. The maximum atomic E-state index is 12.2. The number of anilines is 2. The number of benzene rings is 2. The third-order valence-corrected chi connectivity index (χ3v) is 5.52. The Bertz CT molecular complexity index is 1020. The summed E-state index contributed by atoms with van der Waals surface area (Å²) in [4.78, 5) is 29.0. The van der Waals surface area contributed by atoms with Crippen LogP contribution >= 0.6 is 22.9 Å². The first-order valence-corrected chi connectivity index (χ1v) is 10.9. The number of rotatable bonds is 7.